The minimum Gasteiger partial charge on any atom is -0.338 e. The van der Waals surface area contributed by atoms with E-state index in [0.717, 1.165) is 11.5 Å². The van der Waals surface area contributed by atoms with E-state index in [4.69, 9.17) is 5.84 Å². The number of aryl methyl sites for hydroxylation is 1. The Bertz CT molecular complexity index is 408. The Kier molecular flexibility index (Phi) is 3.05. The average Bonchev–Trinajstić information content (AvgIpc) is 2.86. The molecule has 7 heteroatoms. The molecule has 2 aromatic heterocycles. The number of rotatable bonds is 4. The van der Waals surface area contributed by atoms with E-state index in [-0.39, 0.29) is 6.04 Å². The molecule has 3 N–H and O–H groups in total. The highest BCUT2D eigenvalue weighted by atomic mass is 32.1. The van der Waals surface area contributed by atoms with Gasteiger partial charge >= 0.3 is 0 Å². The molecule has 0 saturated heterocycles. The van der Waals surface area contributed by atoms with Gasteiger partial charge < -0.3 is 4.57 Å². The van der Waals surface area contributed by atoms with Crippen LogP contribution in [-0.4, -0.2) is 18.3 Å². The van der Waals surface area contributed by atoms with Gasteiger partial charge in [0, 0.05) is 25.9 Å². The normalized spacial score (nSPS) is 12.9. The first-order valence-corrected chi connectivity index (χ1v) is 5.24. The molecule has 0 aliphatic rings. The highest BCUT2D eigenvalue weighted by Gasteiger charge is 2.15. The summed E-state index contributed by atoms with van der Waals surface area (Å²) in [6.45, 7) is 0. The molecule has 2 heterocycles. The standard InChI is InChI=1S/C8H12N6S/c1-14-3-2-10-8(14)4-6(12-9)7-5-11-15-13-7/h2-3,5-6,12H,4,9H2,1H3. The lowest BCUT2D eigenvalue weighted by atomic mass is 10.1. The summed E-state index contributed by atoms with van der Waals surface area (Å²) in [6.07, 6.45) is 6.09. The molecule has 0 amide bonds. The SMILES string of the molecule is Cn1ccnc1CC(NN)c1cnsn1. The van der Waals surface area contributed by atoms with Gasteiger partial charge in [-0.15, -0.1) is 0 Å². The first kappa shape index (κ1) is 10.2. The largest absolute Gasteiger partial charge is 0.338 e. The van der Waals surface area contributed by atoms with Gasteiger partial charge in [0.2, 0.25) is 0 Å². The fourth-order valence-electron chi connectivity index (χ4n) is 1.35. The van der Waals surface area contributed by atoms with Gasteiger partial charge in [0.05, 0.1) is 29.7 Å². The predicted octanol–water partition coefficient (Wildman–Crippen LogP) is 0.0187. The lowest BCUT2D eigenvalue weighted by Gasteiger charge is -2.12. The van der Waals surface area contributed by atoms with Gasteiger partial charge in [-0.3, -0.25) is 11.3 Å². The van der Waals surface area contributed by atoms with Crippen molar-refractivity contribution in [3.63, 3.8) is 0 Å². The van der Waals surface area contributed by atoms with E-state index < -0.39 is 0 Å². The van der Waals surface area contributed by atoms with Gasteiger partial charge in [-0.05, 0) is 0 Å². The quantitative estimate of drug-likeness (QED) is 0.565. The number of hydrazine groups is 1. The molecule has 15 heavy (non-hydrogen) atoms. The fraction of sp³-hybridized carbons (Fsp3) is 0.375. The molecule has 6 nitrogen and oxygen atoms in total. The second-order valence-electron chi connectivity index (χ2n) is 3.21. The van der Waals surface area contributed by atoms with Crippen LogP contribution in [0.15, 0.2) is 18.6 Å². The van der Waals surface area contributed by atoms with E-state index in [0.29, 0.717) is 6.42 Å². The maximum Gasteiger partial charge on any atom is 0.110 e. The van der Waals surface area contributed by atoms with Crippen LogP contribution in [0.3, 0.4) is 0 Å². The Morgan fingerprint density at radius 3 is 3.07 bits per heavy atom. The predicted molar refractivity (Wildman–Crippen MR) is 56.9 cm³/mol. The highest BCUT2D eigenvalue weighted by Crippen LogP contribution is 2.14. The lowest BCUT2D eigenvalue weighted by molar-refractivity contribution is 0.521. The summed E-state index contributed by atoms with van der Waals surface area (Å²) in [5.74, 6) is 6.44. The summed E-state index contributed by atoms with van der Waals surface area (Å²) in [6, 6.07) is -0.0372. The number of aromatic nitrogens is 4. The summed E-state index contributed by atoms with van der Waals surface area (Å²) in [5, 5.41) is 0. The minimum absolute atomic E-state index is 0.0372. The van der Waals surface area contributed by atoms with Crippen molar-refractivity contribution in [2.24, 2.45) is 12.9 Å². The van der Waals surface area contributed by atoms with E-state index in [2.05, 4.69) is 19.2 Å². The van der Waals surface area contributed by atoms with E-state index in [1.807, 2.05) is 17.8 Å². The van der Waals surface area contributed by atoms with Gasteiger partial charge in [-0.25, -0.2) is 4.98 Å². The van der Waals surface area contributed by atoms with E-state index in [1.54, 1.807) is 12.4 Å². The Labute approximate surface area is 91.4 Å². The van der Waals surface area contributed by atoms with Crippen molar-refractivity contribution in [1.29, 1.82) is 0 Å². The zero-order chi connectivity index (χ0) is 10.7. The number of nitrogens with two attached hydrogens (primary N) is 1. The number of hydrogen-bond donors (Lipinski definition) is 2. The smallest absolute Gasteiger partial charge is 0.110 e. The molecule has 1 atom stereocenters. The van der Waals surface area contributed by atoms with Crippen LogP contribution in [-0.2, 0) is 13.5 Å². The van der Waals surface area contributed by atoms with Crippen molar-refractivity contribution in [3.05, 3.63) is 30.1 Å². The molecular weight excluding hydrogens is 212 g/mol. The van der Waals surface area contributed by atoms with Crippen molar-refractivity contribution in [3.8, 4) is 0 Å². The van der Waals surface area contributed by atoms with Crippen LogP contribution in [0, 0.1) is 0 Å². The zero-order valence-electron chi connectivity index (χ0n) is 8.29. The summed E-state index contributed by atoms with van der Waals surface area (Å²) in [5.41, 5.74) is 3.57. The summed E-state index contributed by atoms with van der Waals surface area (Å²) >= 11 is 1.18. The number of nitrogens with one attached hydrogen (secondary N) is 1. The van der Waals surface area contributed by atoms with E-state index >= 15 is 0 Å². The minimum atomic E-state index is -0.0372. The van der Waals surface area contributed by atoms with Gasteiger partial charge in [-0.1, -0.05) is 0 Å². The second kappa shape index (κ2) is 4.47. The summed E-state index contributed by atoms with van der Waals surface area (Å²) in [4.78, 5) is 4.24. The second-order valence-corrected chi connectivity index (χ2v) is 3.77. The Morgan fingerprint density at radius 1 is 1.67 bits per heavy atom. The van der Waals surface area contributed by atoms with Crippen molar-refractivity contribution < 1.29 is 0 Å². The molecule has 0 saturated carbocycles. The molecule has 2 aromatic rings. The van der Waals surface area contributed by atoms with Gasteiger partial charge in [0.25, 0.3) is 0 Å². The number of hydrogen-bond acceptors (Lipinski definition) is 6. The van der Waals surface area contributed by atoms with Crippen molar-refractivity contribution in [2.45, 2.75) is 12.5 Å². The maximum atomic E-state index is 5.48. The molecule has 0 radical (unpaired) electrons. The van der Waals surface area contributed by atoms with Gasteiger partial charge in [0.1, 0.15) is 5.82 Å². The van der Waals surface area contributed by atoms with Crippen LogP contribution in [0.2, 0.25) is 0 Å². The molecule has 0 aliphatic carbocycles. The molecule has 1 unspecified atom stereocenters. The van der Waals surface area contributed by atoms with Crippen LogP contribution < -0.4 is 11.3 Å². The topological polar surface area (TPSA) is 81.7 Å². The highest BCUT2D eigenvalue weighted by molar-refractivity contribution is 6.99. The van der Waals surface area contributed by atoms with Crippen LogP contribution >= 0.6 is 11.7 Å². The Morgan fingerprint density at radius 2 is 2.53 bits per heavy atom. The van der Waals surface area contributed by atoms with Crippen LogP contribution in [0.25, 0.3) is 0 Å². The van der Waals surface area contributed by atoms with Crippen LogP contribution in [0.4, 0.5) is 0 Å². The average molecular weight is 224 g/mol. The monoisotopic (exact) mass is 224 g/mol. The first-order valence-electron chi connectivity index (χ1n) is 4.51. The van der Waals surface area contributed by atoms with Crippen LogP contribution in [0.1, 0.15) is 17.6 Å². The van der Waals surface area contributed by atoms with Crippen LogP contribution in [0.5, 0.6) is 0 Å². The molecular formula is C8H12N6S. The molecule has 80 valence electrons. The zero-order valence-corrected chi connectivity index (χ0v) is 9.11. The Hall–Kier alpha value is -1.31. The van der Waals surface area contributed by atoms with Crippen molar-refractivity contribution in [1.82, 2.24) is 23.7 Å². The first-order chi connectivity index (χ1) is 7.31. The number of imidazole rings is 1. The Balaban J connectivity index is 2.13. The van der Waals surface area contributed by atoms with E-state index in [1.165, 1.54) is 11.7 Å². The van der Waals surface area contributed by atoms with Gasteiger partial charge in [0.15, 0.2) is 0 Å². The molecule has 0 fully saturated rings. The van der Waals surface area contributed by atoms with E-state index in [9.17, 15) is 0 Å². The van der Waals surface area contributed by atoms with Gasteiger partial charge in [-0.2, -0.15) is 8.75 Å². The fourth-order valence-corrected chi connectivity index (χ4v) is 1.82. The maximum absolute atomic E-state index is 5.48. The molecule has 0 aromatic carbocycles. The van der Waals surface area contributed by atoms with Crippen molar-refractivity contribution >= 4 is 11.7 Å². The number of nitrogens with zero attached hydrogens (tertiary/aromatic N) is 4. The third kappa shape index (κ3) is 2.20. The van der Waals surface area contributed by atoms with Crippen molar-refractivity contribution in [2.75, 3.05) is 0 Å². The molecule has 2 rings (SSSR count). The third-order valence-electron chi connectivity index (χ3n) is 2.24. The molecule has 0 aliphatic heterocycles. The molecule has 0 bridgehead atoms. The summed E-state index contributed by atoms with van der Waals surface area (Å²) < 4.78 is 10.1. The summed E-state index contributed by atoms with van der Waals surface area (Å²) in [7, 11) is 1.95. The third-order valence-corrected chi connectivity index (χ3v) is 2.74. The molecule has 0 spiro atoms. The lowest BCUT2D eigenvalue weighted by Crippen LogP contribution is -2.30.